The second-order valence-electron chi connectivity index (χ2n) is 9.60. The second kappa shape index (κ2) is 8.42. The summed E-state index contributed by atoms with van der Waals surface area (Å²) < 4.78 is 7.56. The van der Waals surface area contributed by atoms with Gasteiger partial charge in [0, 0.05) is 30.3 Å². The van der Waals surface area contributed by atoms with Gasteiger partial charge in [-0.2, -0.15) is 0 Å². The van der Waals surface area contributed by atoms with E-state index in [0.29, 0.717) is 12.5 Å². The predicted octanol–water partition coefficient (Wildman–Crippen LogP) is 5.31. The molecule has 1 amide bonds. The molecule has 1 aliphatic heterocycles. The number of carbonyl (C=O) groups is 1. The van der Waals surface area contributed by atoms with Gasteiger partial charge in [-0.25, -0.2) is 19.7 Å². The van der Waals surface area contributed by atoms with Crippen LogP contribution in [0, 0.1) is 0 Å². The van der Waals surface area contributed by atoms with Crippen molar-refractivity contribution in [3.05, 3.63) is 47.7 Å². The van der Waals surface area contributed by atoms with E-state index in [0.717, 1.165) is 57.8 Å². The van der Waals surface area contributed by atoms with Gasteiger partial charge in [0.2, 0.25) is 0 Å². The number of methoxy groups -OCH3 is 1. The van der Waals surface area contributed by atoms with Crippen LogP contribution >= 0.6 is 0 Å². The first kappa shape index (κ1) is 21.1. The fourth-order valence-electron chi connectivity index (χ4n) is 5.81. The highest BCUT2D eigenvalue weighted by Crippen LogP contribution is 2.39. The summed E-state index contributed by atoms with van der Waals surface area (Å²) in [6, 6.07) is 6.72. The van der Waals surface area contributed by atoms with E-state index in [-0.39, 0.29) is 12.1 Å². The summed E-state index contributed by atoms with van der Waals surface area (Å²) in [5.41, 5.74) is 6.83. The van der Waals surface area contributed by atoms with E-state index >= 15 is 0 Å². The van der Waals surface area contributed by atoms with Crippen LogP contribution in [0.5, 0.6) is 0 Å². The fraction of sp³-hybridized carbons (Fsp3) is 0.462. The maximum Gasteiger partial charge on any atom is 0.414 e. The average molecular weight is 459 g/mol. The van der Waals surface area contributed by atoms with Crippen LogP contribution in [0.1, 0.15) is 68.6 Å². The van der Waals surface area contributed by atoms with Crippen molar-refractivity contribution in [1.29, 1.82) is 0 Å². The van der Waals surface area contributed by atoms with E-state index < -0.39 is 0 Å². The number of carbonyl (C=O) groups excluding carboxylic acids is 1. The lowest BCUT2D eigenvalue weighted by Gasteiger charge is -2.34. The summed E-state index contributed by atoms with van der Waals surface area (Å²) in [4.78, 5) is 32.0. The molecule has 2 aliphatic rings. The van der Waals surface area contributed by atoms with Crippen LogP contribution in [0.25, 0.3) is 22.2 Å². The Hall–Kier alpha value is -3.42. The molecular formula is C26H30N6O2. The molecule has 0 radical (unpaired) electrons. The standard InChI is InChI=1S/C26H30N6O2/c1-16-8-9-19-21(31(16)26(33)34-2)10-11-22-24(19)30-23(32(22)18-6-4-3-5-7-18)14-17-15-28-25-20(29-17)12-13-27-25/h10-13,15-16,18H,3-9,14H2,1-2H3,(H,27,28)/t16-/m0/s1. The zero-order chi connectivity index (χ0) is 23.2. The van der Waals surface area contributed by atoms with Crippen LogP contribution in [0.3, 0.4) is 0 Å². The molecule has 8 heteroatoms. The third-order valence-electron chi connectivity index (χ3n) is 7.49. The molecule has 1 fully saturated rings. The van der Waals surface area contributed by atoms with Crippen LogP contribution in [0.2, 0.25) is 0 Å². The van der Waals surface area contributed by atoms with Crippen molar-refractivity contribution in [3.63, 3.8) is 0 Å². The molecular weight excluding hydrogens is 428 g/mol. The van der Waals surface area contributed by atoms with E-state index in [1.807, 2.05) is 18.5 Å². The highest BCUT2D eigenvalue weighted by Gasteiger charge is 2.32. The van der Waals surface area contributed by atoms with Gasteiger partial charge in [-0.05, 0) is 50.8 Å². The normalized spacial score (nSPS) is 19.0. The number of aromatic nitrogens is 5. The number of ether oxygens (including phenoxy) is 1. The number of nitrogens with one attached hydrogen (secondary N) is 1. The van der Waals surface area contributed by atoms with Crippen LogP contribution in [0.15, 0.2) is 30.6 Å². The zero-order valence-corrected chi connectivity index (χ0v) is 19.8. The number of fused-ring (bicyclic) bond motifs is 4. The summed E-state index contributed by atoms with van der Waals surface area (Å²) in [7, 11) is 1.44. The monoisotopic (exact) mass is 458 g/mol. The molecule has 1 atom stereocenters. The maximum atomic E-state index is 12.6. The Balaban J connectivity index is 1.49. The molecule has 0 saturated heterocycles. The highest BCUT2D eigenvalue weighted by atomic mass is 16.5. The summed E-state index contributed by atoms with van der Waals surface area (Å²) in [5.74, 6) is 1.03. The quantitative estimate of drug-likeness (QED) is 0.449. The topological polar surface area (TPSA) is 88.9 Å². The fourth-order valence-corrected chi connectivity index (χ4v) is 5.81. The summed E-state index contributed by atoms with van der Waals surface area (Å²) in [6.45, 7) is 2.08. The van der Waals surface area contributed by atoms with Gasteiger partial charge in [0.05, 0.1) is 35.7 Å². The molecule has 0 unspecified atom stereocenters. The minimum Gasteiger partial charge on any atom is -0.452 e. The number of H-pyrrole nitrogens is 1. The Morgan fingerprint density at radius 3 is 2.82 bits per heavy atom. The maximum absolute atomic E-state index is 12.6. The lowest BCUT2D eigenvalue weighted by molar-refractivity contribution is 0.175. The Kier molecular flexibility index (Phi) is 5.23. The van der Waals surface area contributed by atoms with Gasteiger partial charge < -0.3 is 14.3 Å². The lowest BCUT2D eigenvalue weighted by atomic mass is 9.94. The first-order chi connectivity index (χ1) is 16.6. The van der Waals surface area contributed by atoms with Gasteiger partial charge in [0.25, 0.3) is 0 Å². The molecule has 1 aliphatic carbocycles. The van der Waals surface area contributed by atoms with Gasteiger partial charge in [0.15, 0.2) is 5.65 Å². The average Bonchev–Trinajstić information content (AvgIpc) is 3.48. The van der Waals surface area contributed by atoms with Crippen molar-refractivity contribution in [3.8, 4) is 0 Å². The highest BCUT2D eigenvalue weighted by molar-refractivity contribution is 5.95. The molecule has 1 aromatic carbocycles. The molecule has 1 N–H and O–H groups in total. The van der Waals surface area contributed by atoms with Crippen molar-refractivity contribution in [2.24, 2.45) is 0 Å². The number of aryl methyl sites for hydroxylation is 1. The van der Waals surface area contributed by atoms with Crippen LogP contribution < -0.4 is 4.90 Å². The number of imidazole rings is 1. The van der Waals surface area contributed by atoms with Crippen molar-refractivity contribution in [2.75, 3.05) is 12.0 Å². The van der Waals surface area contributed by atoms with E-state index in [1.165, 1.54) is 39.2 Å². The van der Waals surface area contributed by atoms with E-state index in [9.17, 15) is 4.79 Å². The molecule has 8 nitrogen and oxygen atoms in total. The SMILES string of the molecule is COC(=O)N1c2ccc3c(nc(Cc4cnc5[nH]ccc5n4)n3C3CCCCC3)c2CC[C@@H]1C. The third-order valence-corrected chi connectivity index (χ3v) is 7.49. The Bertz CT molecular complexity index is 1370. The van der Waals surface area contributed by atoms with Gasteiger partial charge in [-0.1, -0.05) is 19.3 Å². The number of benzene rings is 1. The number of hydrogen-bond donors (Lipinski definition) is 1. The molecule has 176 valence electrons. The van der Waals surface area contributed by atoms with Crippen LogP contribution in [-0.2, 0) is 17.6 Å². The van der Waals surface area contributed by atoms with Crippen molar-refractivity contribution in [2.45, 2.75) is 70.4 Å². The molecule has 0 bridgehead atoms. The van der Waals surface area contributed by atoms with Gasteiger partial charge in [-0.15, -0.1) is 0 Å². The number of rotatable bonds is 3. The van der Waals surface area contributed by atoms with Crippen molar-refractivity contribution < 1.29 is 9.53 Å². The summed E-state index contributed by atoms with van der Waals surface area (Å²) >= 11 is 0. The number of amides is 1. The Morgan fingerprint density at radius 1 is 1.15 bits per heavy atom. The molecule has 34 heavy (non-hydrogen) atoms. The molecule has 4 heterocycles. The number of aromatic amines is 1. The van der Waals surface area contributed by atoms with E-state index in [2.05, 4.69) is 33.6 Å². The van der Waals surface area contributed by atoms with Gasteiger partial charge >= 0.3 is 6.09 Å². The smallest absolute Gasteiger partial charge is 0.414 e. The van der Waals surface area contributed by atoms with Crippen molar-refractivity contribution in [1.82, 2.24) is 24.5 Å². The summed E-state index contributed by atoms with van der Waals surface area (Å²) in [5, 5.41) is 0. The first-order valence-corrected chi connectivity index (χ1v) is 12.3. The Labute approximate surface area is 198 Å². The molecule has 4 aromatic rings. The lowest BCUT2D eigenvalue weighted by Crippen LogP contribution is -2.42. The van der Waals surface area contributed by atoms with Crippen LogP contribution in [-0.4, -0.2) is 43.7 Å². The number of anilines is 1. The Morgan fingerprint density at radius 2 is 2.00 bits per heavy atom. The minimum atomic E-state index is -0.310. The largest absolute Gasteiger partial charge is 0.452 e. The molecule has 3 aromatic heterocycles. The van der Waals surface area contributed by atoms with Crippen LogP contribution in [0.4, 0.5) is 10.5 Å². The molecule has 6 rings (SSSR count). The minimum absolute atomic E-state index is 0.0978. The summed E-state index contributed by atoms with van der Waals surface area (Å²) in [6.07, 6.45) is 12.0. The molecule has 1 saturated carbocycles. The van der Waals surface area contributed by atoms with Gasteiger partial charge in [-0.3, -0.25) is 4.90 Å². The second-order valence-corrected chi connectivity index (χ2v) is 9.60. The van der Waals surface area contributed by atoms with E-state index in [4.69, 9.17) is 14.7 Å². The number of hydrogen-bond acceptors (Lipinski definition) is 5. The van der Waals surface area contributed by atoms with Gasteiger partial charge in [0.1, 0.15) is 11.3 Å². The first-order valence-electron chi connectivity index (χ1n) is 12.3. The number of nitrogens with zero attached hydrogens (tertiary/aromatic N) is 5. The predicted molar refractivity (Wildman–Crippen MR) is 131 cm³/mol. The molecule has 0 spiro atoms. The zero-order valence-electron chi connectivity index (χ0n) is 19.8. The van der Waals surface area contributed by atoms with E-state index in [1.54, 1.807) is 4.90 Å². The van der Waals surface area contributed by atoms with Crippen molar-refractivity contribution >= 4 is 34.0 Å². The third kappa shape index (κ3) is 3.43.